The van der Waals surface area contributed by atoms with Crippen LogP contribution in [0.5, 0.6) is 17.2 Å². The number of carbonyl (C=O) groups is 2. The number of halogens is 1. The number of hydrogen-bond donors (Lipinski definition) is 1. The Hall–Kier alpha value is -3.06. The second-order valence-corrected chi connectivity index (χ2v) is 6.87. The number of methoxy groups -OCH3 is 1. The van der Waals surface area contributed by atoms with Crippen molar-refractivity contribution in [2.75, 3.05) is 19.0 Å². The summed E-state index contributed by atoms with van der Waals surface area (Å²) in [6, 6.07) is 12.1. The summed E-state index contributed by atoms with van der Waals surface area (Å²) in [6.45, 7) is 3.66. The van der Waals surface area contributed by atoms with Gasteiger partial charge in [0.2, 0.25) is 0 Å². The van der Waals surface area contributed by atoms with E-state index in [1.807, 2.05) is 35.6 Å². The first-order valence-corrected chi connectivity index (χ1v) is 9.67. The van der Waals surface area contributed by atoms with Crippen molar-refractivity contribution in [3.63, 3.8) is 0 Å². The highest BCUT2D eigenvalue weighted by atomic mass is 127. The zero-order valence-electron chi connectivity index (χ0n) is 16.1. The molecular weight excluding hydrogens is 487 g/mol. The van der Waals surface area contributed by atoms with Crippen LogP contribution in [0.1, 0.15) is 19.4 Å². The quantitative estimate of drug-likeness (QED) is 0.199. The number of nitriles is 1. The number of esters is 1. The molecule has 0 atom stereocenters. The van der Waals surface area contributed by atoms with E-state index in [2.05, 4.69) is 5.32 Å². The van der Waals surface area contributed by atoms with Gasteiger partial charge < -0.3 is 19.5 Å². The van der Waals surface area contributed by atoms with Gasteiger partial charge in [-0.25, -0.2) is 0 Å². The molecule has 0 radical (unpaired) electrons. The fourth-order valence-corrected chi connectivity index (χ4v) is 3.15. The van der Waals surface area contributed by atoms with Crippen molar-refractivity contribution in [3.8, 4) is 23.3 Å². The zero-order valence-corrected chi connectivity index (χ0v) is 18.3. The summed E-state index contributed by atoms with van der Waals surface area (Å²) in [4.78, 5) is 23.8. The fraction of sp³-hybridized carbons (Fsp3) is 0.190. The van der Waals surface area contributed by atoms with Crippen LogP contribution in [0.3, 0.4) is 0 Å². The molecule has 0 aliphatic rings. The monoisotopic (exact) mass is 506 g/mol. The van der Waals surface area contributed by atoms with E-state index in [4.69, 9.17) is 14.2 Å². The van der Waals surface area contributed by atoms with Crippen molar-refractivity contribution in [2.45, 2.75) is 13.8 Å². The van der Waals surface area contributed by atoms with Gasteiger partial charge in [-0.1, -0.05) is 6.07 Å². The molecule has 29 heavy (non-hydrogen) atoms. The van der Waals surface area contributed by atoms with Gasteiger partial charge >= 0.3 is 5.97 Å². The molecule has 8 heteroatoms. The highest BCUT2D eigenvalue weighted by Crippen LogP contribution is 2.34. The highest BCUT2D eigenvalue weighted by molar-refractivity contribution is 14.1. The number of nitrogens with zero attached hydrogens (tertiary/aromatic N) is 1. The first-order valence-electron chi connectivity index (χ1n) is 8.59. The SMILES string of the molecule is CCOc1cccc(NC(=O)/C(C#N)=C/c2cc(I)c(OC(C)=O)c(OC)c2)c1. The molecule has 0 heterocycles. The number of benzene rings is 2. The molecule has 150 valence electrons. The number of nitrogens with one attached hydrogen (secondary N) is 1. The molecule has 0 spiro atoms. The average molecular weight is 506 g/mol. The molecule has 0 saturated heterocycles. The van der Waals surface area contributed by atoms with Crippen molar-refractivity contribution in [1.29, 1.82) is 5.26 Å². The third-order valence-electron chi connectivity index (χ3n) is 3.58. The largest absolute Gasteiger partial charge is 0.494 e. The molecule has 7 nitrogen and oxygen atoms in total. The third kappa shape index (κ3) is 6.22. The van der Waals surface area contributed by atoms with Gasteiger partial charge in [-0.15, -0.1) is 0 Å². The van der Waals surface area contributed by atoms with Gasteiger partial charge in [-0.3, -0.25) is 9.59 Å². The first-order chi connectivity index (χ1) is 13.9. The molecule has 0 aromatic heterocycles. The molecule has 0 saturated carbocycles. The smallest absolute Gasteiger partial charge is 0.308 e. The van der Waals surface area contributed by atoms with E-state index in [1.165, 1.54) is 20.1 Å². The van der Waals surface area contributed by atoms with Crippen LogP contribution < -0.4 is 19.5 Å². The molecular formula is C21H19IN2O5. The maximum atomic E-state index is 12.5. The molecule has 0 aliphatic heterocycles. The Labute approximate surface area is 182 Å². The Kier molecular flexibility index (Phi) is 8.03. The van der Waals surface area contributed by atoms with E-state index in [9.17, 15) is 14.9 Å². The van der Waals surface area contributed by atoms with Crippen molar-refractivity contribution >= 4 is 46.2 Å². The maximum Gasteiger partial charge on any atom is 0.308 e. The third-order valence-corrected chi connectivity index (χ3v) is 4.38. The first kappa shape index (κ1) is 22.2. The fourth-order valence-electron chi connectivity index (χ4n) is 2.41. The lowest BCUT2D eigenvalue weighted by atomic mass is 10.1. The predicted octanol–water partition coefficient (Wildman–Crippen LogP) is 4.17. The Morgan fingerprint density at radius 1 is 1.28 bits per heavy atom. The van der Waals surface area contributed by atoms with E-state index in [0.29, 0.717) is 32.9 Å². The number of amides is 1. The standard InChI is InChI=1S/C21H19IN2O5/c1-4-28-17-7-5-6-16(11-17)24-21(26)15(12-23)8-14-9-18(22)20(29-13(2)25)19(10-14)27-3/h5-11H,4H2,1-3H3,(H,24,26)/b15-8+. The van der Waals surface area contributed by atoms with E-state index in [1.54, 1.807) is 36.4 Å². The normalized spacial score (nSPS) is 10.7. The number of hydrogen-bond acceptors (Lipinski definition) is 6. The van der Waals surface area contributed by atoms with Crippen LogP contribution in [0.15, 0.2) is 42.0 Å². The van der Waals surface area contributed by atoms with Gasteiger partial charge in [0.1, 0.15) is 17.4 Å². The maximum absolute atomic E-state index is 12.5. The summed E-state index contributed by atoms with van der Waals surface area (Å²) < 4.78 is 16.4. The van der Waals surface area contributed by atoms with E-state index < -0.39 is 11.9 Å². The number of anilines is 1. The molecule has 2 aromatic carbocycles. The van der Waals surface area contributed by atoms with Crippen LogP contribution in [0.25, 0.3) is 6.08 Å². The minimum Gasteiger partial charge on any atom is -0.494 e. The predicted molar refractivity (Wildman–Crippen MR) is 117 cm³/mol. The lowest BCUT2D eigenvalue weighted by molar-refractivity contribution is -0.132. The van der Waals surface area contributed by atoms with Gasteiger partial charge in [0.25, 0.3) is 5.91 Å². The second-order valence-electron chi connectivity index (χ2n) is 5.71. The lowest BCUT2D eigenvalue weighted by Crippen LogP contribution is -2.13. The van der Waals surface area contributed by atoms with Crippen molar-refractivity contribution in [2.24, 2.45) is 0 Å². The summed E-state index contributed by atoms with van der Waals surface area (Å²) in [5.74, 6) is 0.192. The van der Waals surface area contributed by atoms with E-state index in [-0.39, 0.29) is 11.3 Å². The van der Waals surface area contributed by atoms with Gasteiger partial charge in [0.15, 0.2) is 11.5 Å². The molecule has 1 N–H and O–H groups in total. The molecule has 1 amide bonds. The summed E-state index contributed by atoms with van der Waals surface area (Å²) in [5.41, 5.74) is 0.973. The second kappa shape index (κ2) is 10.5. The zero-order chi connectivity index (χ0) is 21.4. The van der Waals surface area contributed by atoms with Gasteiger partial charge in [-0.2, -0.15) is 5.26 Å². The van der Waals surface area contributed by atoms with Crippen LogP contribution in [0, 0.1) is 14.9 Å². The lowest BCUT2D eigenvalue weighted by Gasteiger charge is -2.11. The summed E-state index contributed by atoms with van der Waals surface area (Å²) in [5, 5.41) is 12.1. The van der Waals surface area contributed by atoms with Gasteiger partial charge in [0, 0.05) is 18.7 Å². The van der Waals surface area contributed by atoms with E-state index >= 15 is 0 Å². The van der Waals surface area contributed by atoms with Crippen LogP contribution in [-0.2, 0) is 9.59 Å². The van der Waals surface area contributed by atoms with Crippen LogP contribution in [-0.4, -0.2) is 25.6 Å². The van der Waals surface area contributed by atoms with Crippen LogP contribution in [0.4, 0.5) is 5.69 Å². The molecule has 0 unspecified atom stereocenters. The number of rotatable bonds is 7. The summed E-state index contributed by atoms with van der Waals surface area (Å²) >= 11 is 1.99. The van der Waals surface area contributed by atoms with Gasteiger partial charge in [0.05, 0.1) is 17.3 Å². The highest BCUT2D eigenvalue weighted by Gasteiger charge is 2.15. The Morgan fingerprint density at radius 2 is 2.03 bits per heavy atom. The molecule has 0 bridgehead atoms. The van der Waals surface area contributed by atoms with Crippen molar-refractivity contribution in [3.05, 3.63) is 51.1 Å². The molecule has 0 fully saturated rings. The molecule has 0 aliphatic carbocycles. The topological polar surface area (TPSA) is 97.6 Å². The van der Waals surface area contributed by atoms with Gasteiger partial charge in [-0.05, 0) is 65.4 Å². The summed E-state index contributed by atoms with van der Waals surface area (Å²) in [7, 11) is 1.44. The average Bonchev–Trinajstić information content (AvgIpc) is 2.68. The Bertz CT molecular complexity index is 995. The minimum absolute atomic E-state index is 0.0927. The number of carbonyl (C=O) groups excluding carboxylic acids is 2. The van der Waals surface area contributed by atoms with E-state index in [0.717, 1.165) is 0 Å². The van der Waals surface area contributed by atoms with Crippen LogP contribution >= 0.6 is 22.6 Å². The van der Waals surface area contributed by atoms with Crippen LogP contribution in [0.2, 0.25) is 0 Å². The minimum atomic E-state index is -0.556. The van der Waals surface area contributed by atoms with Crippen molar-refractivity contribution in [1.82, 2.24) is 0 Å². The Balaban J connectivity index is 2.30. The summed E-state index contributed by atoms with van der Waals surface area (Å²) in [6.07, 6.45) is 1.43. The number of ether oxygens (including phenoxy) is 3. The molecule has 2 aromatic rings. The molecule has 2 rings (SSSR count). The Morgan fingerprint density at radius 3 is 2.66 bits per heavy atom. The van der Waals surface area contributed by atoms with Crippen molar-refractivity contribution < 1.29 is 23.8 Å².